The molecule has 0 saturated heterocycles. The van der Waals surface area contributed by atoms with Gasteiger partial charge in [-0.15, -0.1) is 0 Å². The highest BCUT2D eigenvalue weighted by atomic mass is 16.6. The Bertz CT molecular complexity index is 766. The normalized spacial score (nSPS) is 11.1. The molecule has 0 saturated carbocycles. The summed E-state index contributed by atoms with van der Waals surface area (Å²) in [5.74, 6) is -0.0488. The third kappa shape index (κ3) is 2.33. The summed E-state index contributed by atoms with van der Waals surface area (Å²) in [5, 5.41) is 23.7. The van der Waals surface area contributed by atoms with Gasteiger partial charge in [0, 0.05) is 17.2 Å². The minimum Gasteiger partial charge on any atom is -0.258 e. The molecule has 2 aromatic rings. The first kappa shape index (κ1) is 14.9. The zero-order valence-corrected chi connectivity index (χ0v) is 12.3. The molecule has 0 aliphatic carbocycles. The molecule has 0 aliphatic heterocycles. The van der Waals surface area contributed by atoms with Crippen LogP contribution in [0.5, 0.6) is 0 Å². The molecule has 0 aromatic heterocycles. The average Bonchev–Trinajstić information content (AvgIpc) is 2.37. The first-order valence-corrected chi connectivity index (χ1v) is 6.61. The van der Waals surface area contributed by atoms with Crippen LogP contribution in [0, 0.1) is 34.1 Å². The van der Waals surface area contributed by atoms with Crippen molar-refractivity contribution in [3.05, 3.63) is 55.1 Å². The fraction of sp³-hybridized carbons (Fsp3) is 0.333. The first-order chi connectivity index (χ1) is 9.75. The number of rotatable bonds is 3. The number of nitro groups is 2. The lowest BCUT2D eigenvalue weighted by molar-refractivity contribution is -0.385. The topological polar surface area (TPSA) is 86.3 Å². The van der Waals surface area contributed by atoms with Crippen LogP contribution in [-0.4, -0.2) is 9.85 Å². The van der Waals surface area contributed by atoms with E-state index in [1.54, 1.807) is 26.0 Å². The largest absolute Gasteiger partial charge is 0.280 e. The molecule has 0 N–H and O–H groups in total. The second-order valence-electron chi connectivity index (χ2n) is 5.43. The Labute approximate surface area is 121 Å². The number of hydrogen-bond donors (Lipinski definition) is 0. The van der Waals surface area contributed by atoms with Crippen molar-refractivity contribution in [1.29, 1.82) is 0 Å². The van der Waals surface area contributed by atoms with E-state index in [9.17, 15) is 20.2 Å². The van der Waals surface area contributed by atoms with E-state index in [4.69, 9.17) is 0 Å². The Hall–Kier alpha value is -2.50. The Morgan fingerprint density at radius 3 is 2.14 bits per heavy atom. The zero-order valence-electron chi connectivity index (χ0n) is 12.3. The highest BCUT2D eigenvalue weighted by Gasteiger charge is 2.25. The highest BCUT2D eigenvalue weighted by Crippen LogP contribution is 2.40. The maximum atomic E-state index is 11.4. The van der Waals surface area contributed by atoms with Crippen molar-refractivity contribution in [3.63, 3.8) is 0 Å². The van der Waals surface area contributed by atoms with Gasteiger partial charge in [0.2, 0.25) is 0 Å². The second-order valence-corrected chi connectivity index (χ2v) is 5.43. The number of fused-ring (bicyclic) bond motifs is 1. The molecule has 6 heteroatoms. The summed E-state index contributed by atoms with van der Waals surface area (Å²) in [4.78, 5) is 21.8. The molecule has 0 bridgehead atoms. The highest BCUT2D eigenvalue weighted by molar-refractivity contribution is 5.99. The van der Waals surface area contributed by atoms with Gasteiger partial charge in [-0.25, -0.2) is 0 Å². The van der Waals surface area contributed by atoms with E-state index in [1.807, 2.05) is 13.8 Å². The van der Waals surface area contributed by atoms with Gasteiger partial charge in [0.15, 0.2) is 0 Å². The van der Waals surface area contributed by atoms with Crippen LogP contribution in [0.2, 0.25) is 0 Å². The predicted molar refractivity (Wildman–Crippen MR) is 80.8 cm³/mol. The number of nitrogens with zero attached hydrogens (tertiary/aromatic N) is 2. The zero-order chi connectivity index (χ0) is 15.9. The molecule has 0 unspecified atom stereocenters. The smallest absolute Gasteiger partial charge is 0.258 e. The molecule has 0 heterocycles. The predicted octanol–water partition coefficient (Wildman–Crippen LogP) is 4.40. The summed E-state index contributed by atoms with van der Waals surface area (Å²) in [6.45, 7) is 7.06. The third-order valence-electron chi connectivity index (χ3n) is 3.75. The van der Waals surface area contributed by atoms with E-state index in [1.165, 1.54) is 6.07 Å². The van der Waals surface area contributed by atoms with Gasteiger partial charge in [-0.1, -0.05) is 26.0 Å². The van der Waals surface area contributed by atoms with E-state index in [0.29, 0.717) is 27.5 Å². The summed E-state index contributed by atoms with van der Waals surface area (Å²) in [7, 11) is 0. The van der Waals surface area contributed by atoms with E-state index < -0.39 is 9.85 Å². The molecule has 6 nitrogen and oxygen atoms in total. The van der Waals surface area contributed by atoms with Gasteiger partial charge in [-0.05, 0) is 30.7 Å². The van der Waals surface area contributed by atoms with Gasteiger partial charge in [-0.3, -0.25) is 20.2 Å². The average molecular weight is 288 g/mol. The Morgan fingerprint density at radius 1 is 1.05 bits per heavy atom. The summed E-state index contributed by atoms with van der Waals surface area (Å²) in [6, 6.07) is 4.84. The number of nitro benzene ring substituents is 2. The molecule has 0 spiro atoms. The molecule has 0 amide bonds. The number of aryl methyl sites for hydroxylation is 2. The molecule has 2 aromatic carbocycles. The quantitative estimate of drug-likeness (QED) is 0.618. The number of hydrogen-bond acceptors (Lipinski definition) is 4. The maximum absolute atomic E-state index is 11.4. The van der Waals surface area contributed by atoms with Crippen molar-refractivity contribution < 1.29 is 9.85 Å². The van der Waals surface area contributed by atoms with Crippen molar-refractivity contribution in [2.24, 2.45) is 0 Å². The van der Waals surface area contributed by atoms with Gasteiger partial charge in [0.1, 0.15) is 0 Å². The van der Waals surface area contributed by atoms with E-state index in [-0.39, 0.29) is 17.3 Å². The minimum atomic E-state index is -0.438. The van der Waals surface area contributed by atoms with Crippen LogP contribution in [0.4, 0.5) is 11.4 Å². The summed E-state index contributed by atoms with van der Waals surface area (Å²) in [6.07, 6.45) is 0. The maximum Gasteiger partial charge on any atom is 0.280 e. The van der Waals surface area contributed by atoms with E-state index in [0.717, 1.165) is 0 Å². The van der Waals surface area contributed by atoms with Gasteiger partial charge >= 0.3 is 0 Å². The minimum absolute atomic E-state index is 0.00403. The lowest BCUT2D eigenvalue weighted by atomic mass is 9.90. The Kier molecular flexibility index (Phi) is 3.63. The van der Waals surface area contributed by atoms with Crippen molar-refractivity contribution in [2.45, 2.75) is 33.6 Å². The molecule has 0 radical (unpaired) electrons. The monoisotopic (exact) mass is 288 g/mol. The van der Waals surface area contributed by atoms with Crippen LogP contribution < -0.4 is 0 Å². The van der Waals surface area contributed by atoms with Crippen LogP contribution in [-0.2, 0) is 0 Å². The van der Waals surface area contributed by atoms with Crippen molar-refractivity contribution >= 4 is 22.1 Å². The second kappa shape index (κ2) is 5.12. The molecule has 2 rings (SSSR count). The molecular formula is C15H16N2O4. The first-order valence-electron chi connectivity index (χ1n) is 6.61. The van der Waals surface area contributed by atoms with Crippen LogP contribution >= 0.6 is 0 Å². The standard InChI is InChI=1S/C15H16N2O4/c1-8(2)12-7-13(16(18)19)10(4)11-6-5-9(3)15(14(11)12)17(20)21/h5-8H,1-4H3. The SMILES string of the molecule is Cc1ccc2c(C)c([N+](=O)[O-])cc(C(C)C)c2c1[N+](=O)[O-]. The van der Waals surface area contributed by atoms with Crippen molar-refractivity contribution in [2.75, 3.05) is 0 Å². The third-order valence-corrected chi connectivity index (χ3v) is 3.75. The van der Waals surface area contributed by atoms with E-state index in [2.05, 4.69) is 0 Å². The molecule has 110 valence electrons. The van der Waals surface area contributed by atoms with Crippen LogP contribution in [0.15, 0.2) is 18.2 Å². The molecule has 0 aliphatic rings. The van der Waals surface area contributed by atoms with Crippen molar-refractivity contribution in [3.8, 4) is 0 Å². The molecular weight excluding hydrogens is 272 g/mol. The fourth-order valence-electron chi connectivity index (χ4n) is 2.65. The van der Waals surface area contributed by atoms with Crippen LogP contribution in [0.1, 0.15) is 36.5 Å². The van der Waals surface area contributed by atoms with Gasteiger partial charge < -0.3 is 0 Å². The van der Waals surface area contributed by atoms with Gasteiger partial charge in [0.05, 0.1) is 15.2 Å². The van der Waals surface area contributed by atoms with Crippen LogP contribution in [0.25, 0.3) is 10.8 Å². The van der Waals surface area contributed by atoms with Gasteiger partial charge in [0.25, 0.3) is 11.4 Å². The lowest BCUT2D eigenvalue weighted by Gasteiger charge is -2.14. The molecule has 0 fully saturated rings. The Balaban J connectivity index is 3.08. The fourth-order valence-corrected chi connectivity index (χ4v) is 2.65. The molecule has 0 atom stereocenters. The van der Waals surface area contributed by atoms with Crippen molar-refractivity contribution in [1.82, 2.24) is 0 Å². The number of benzene rings is 2. The van der Waals surface area contributed by atoms with Crippen LogP contribution in [0.3, 0.4) is 0 Å². The summed E-state index contributed by atoms with van der Waals surface area (Å²) in [5.41, 5.74) is 1.70. The summed E-state index contributed by atoms with van der Waals surface area (Å²) >= 11 is 0. The lowest BCUT2D eigenvalue weighted by Crippen LogP contribution is -2.02. The van der Waals surface area contributed by atoms with E-state index >= 15 is 0 Å². The Morgan fingerprint density at radius 2 is 1.67 bits per heavy atom. The molecule has 21 heavy (non-hydrogen) atoms. The van der Waals surface area contributed by atoms with Gasteiger partial charge in [-0.2, -0.15) is 0 Å². The summed E-state index contributed by atoms with van der Waals surface area (Å²) < 4.78 is 0.